The quantitative estimate of drug-likeness (QED) is 0.736. The second-order valence-corrected chi connectivity index (χ2v) is 4.57. The van der Waals surface area contributed by atoms with Crippen LogP contribution in [0.5, 0.6) is 0 Å². The zero-order valence-electron chi connectivity index (χ0n) is 10.1. The van der Waals surface area contributed by atoms with E-state index >= 15 is 0 Å². The number of hydrogen-bond acceptors (Lipinski definition) is 1. The lowest BCUT2D eigenvalue weighted by atomic mass is 9.94. The van der Waals surface area contributed by atoms with Gasteiger partial charge in [0.25, 0.3) is 0 Å². The van der Waals surface area contributed by atoms with Crippen molar-refractivity contribution in [3.63, 3.8) is 0 Å². The maximum absolute atomic E-state index is 12.7. The summed E-state index contributed by atoms with van der Waals surface area (Å²) >= 11 is 0. The highest BCUT2D eigenvalue weighted by molar-refractivity contribution is 6.13. The van der Waals surface area contributed by atoms with Crippen LogP contribution in [0.4, 0.5) is 0 Å². The van der Waals surface area contributed by atoms with Crippen LogP contribution in [0.3, 0.4) is 0 Å². The molecule has 88 valence electrons. The molecule has 0 radical (unpaired) electrons. The minimum atomic E-state index is 0.133. The lowest BCUT2D eigenvalue weighted by Crippen LogP contribution is -2.06. The summed E-state index contributed by atoms with van der Waals surface area (Å²) in [5.41, 5.74) is 4.89. The van der Waals surface area contributed by atoms with Crippen molar-refractivity contribution in [2.75, 3.05) is 0 Å². The molecule has 2 aromatic rings. The highest BCUT2D eigenvalue weighted by Crippen LogP contribution is 2.27. The molecule has 18 heavy (non-hydrogen) atoms. The van der Waals surface area contributed by atoms with Gasteiger partial charge in [0.05, 0.1) is 0 Å². The van der Waals surface area contributed by atoms with Crippen LogP contribution in [-0.2, 0) is 12.8 Å². The molecule has 0 aliphatic heterocycles. The second kappa shape index (κ2) is 4.26. The first-order chi connectivity index (χ1) is 8.81. The number of benzene rings is 2. The third-order valence-corrected chi connectivity index (χ3v) is 3.56. The molecule has 0 amide bonds. The molecule has 1 nitrogen and oxygen atoms in total. The Labute approximate surface area is 107 Å². The first-order valence-corrected chi connectivity index (χ1v) is 6.18. The molecule has 0 N–H and O–H groups in total. The molecule has 0 unspecified atom stereocenters. The Bertz CT molecular complexity index is 638. The first-order valence-electron chi connectivity index (χ1n) is 6.18. The summed E-state index contributed by atoms with van der Waals surface area (Å²) in [5.74, 6) is 0.133. The number of ketones is 1. The second-order valence-electron chi connectivity index (χ2n) is 4.57. The van der Waals surface area contributed by atoms with Crippen molar-refractivity contribution in [1.29, 1.82) is 0 Å². The van der Waals surface area contributed by atoms with Gasteiger partial charge in [-0.2, -0.15) is 0 Å². The number of hydrogen-bond donors (Lipinski definition) is 0. The van der Waals surface area contributed by atoms with Crippen molar-refractivity contribution in [3.05, 3.63) is 76.9 Å². The summed E-state index contributed by atoms with van der Waals surface area (Å²) in [4.78, 5) is 12.7. The highest BCUT2D eigenvalue weighted by Gasteiger charge is 2.22. The van der Waals surface area contributed by atoms with Crippen LogP contribution in [0.25, 0.3) is 6.08 Å². The fourth-order valence-electron chi connectivity index (χ4n) is 2.64. The minimum absolute atomic E-state index is 0.133. The molecular weight excluding hydrogens is 220 g/mol. The predicted molar refractivity (Wildman–Crippen MR) is 73.8 cm³/mol. The van der Waals surface area contributed by atoms with Crippen molar-refractivity contribution in [2.45, 2.75) is 12.8 Å². The van der Waals surface area contributed by atoms with Gasteiger partial charge in [-0.1, -0.05) is 55.1 Å². The Kier molecular flexibility index (Phi) is 2.60. The Hall–Kier alpha value is -2.15. The van der Waals surface area contributed by atoms with E-state index in [1.54, 1.807) is 6.08 Å². The van der Waals surface area contributed by atoms with E-state index in [4.69, 9.17) is 0 Å². The van der Waals surface area contributed by atoms with E-state index in [0.29, 0.717) is 0 Å². The highest BCUT2D eigenvalue weighted by atomic mass is 16.1. The van der Waals surface area contributed by atoms with Gasteiger partial charge in [-0.25, -0.2) is 0 Å². The predicted octanol–water partition coefficient (Wildman–Crippen LogP) is 3.66. The van der Waals surface area contributed by atoms with Crippen LogP contribution in [0.15, 0.2) is 49.0 Å². The molecule has 0 saturated carbocycles. The summed E-state index contributed by atoms with van der Waals surface area (Å²) < 4.78 is 0. The zero-order chi connectivity index (χ0) is 12.5. The van der Waals surface area contributed by atoms with Crippen molar-refractivity contribution < 1.29 is 4.79 Å². The lowest BCUT2D eigenvalue weighted by Gasteiger charge is -2.08. The van der Waals surface area contributed by atoms with E-state index in [1.165, 1.54) is 0 Å². The fraction of sp³-hybridized carbons (Fsp3) is 0.118. The van der Waals surface area contributed by atoms with Crippen LogP contribution < -0.4 is 0 Å². The molecule has 0 atom stereocenters. The molecule has 0 spiro atoms. The number of fused-ring (bicyclic) bond motifs is 2. The molecule has 0 fully saturated rings. The van der Waals surface area contributed by atoms with E-state index in [0.717, 1.165) is 40.7 Å². The normalized spacial score (nSPS) is 13.4. The Morgan fingerprint density at radius 2 is 1.67 bits per heavy atom. The standard InChI is InChI=1S/C17H14O/c1-2-12-7-5-8-14-11-10-13-6-3-4-9-15(13)17(18)16(12)14/h2-9H,1,10-11H2. The van der Waals surface area contributed by atoms with Gasteiger partial charge in [0.2, 0.25) is 0 Å². The number of carbonyl (C=O) groups is 1. The number of carbonyl (C=O) groups excluding carboxylic acids is 1. The van der Waals surface area contributed by atoms with Crippen LogP contribution >= 0.6 is 0 Å². The van der Waals surface area contributed by atoms with Gasteiger partial charge in [0.15, 0.2) is 5.78 Å². The van der Waals surface area contributed by atoms with Crippen LogP contribution in [0.1, 0.15) is 32.6 Å². The summed E-state index contributed by atoms with van der Waals surface area (Å²) in [6.07, 6.45) is 3.61. The van der Waals surface area contributed by atoms with Gasteiger partial charge in [0.1, 0.15) is 0 Å². The van der Waals surface area contributed by atoms with Gasteiger partial charge in [-0.3, -0.25) is 4.79 Å². The van der Waals surface area contributed by atoms with Crippen LogP contribution in [0.2, 0.25) is 0 Å². The number of aryl methyl sites for hydroxylation is 2. The van der Waals surface area contributed by atoms with E-state index in [9.17, 15) is 4.79 Å². The summed E-state index contributed by atoms with van der Waals surface area (Å²) in [6, 6.07) is 13.9. The summed E-state index contributed by atoms with van der Waals surface area (Å²) in [5, 5.41) is 0. The molecular formula is C17H14O. The smallest absolute Gasteiger partial charge is 0.194 e. The Balaban J connectivity index is 2.27. The molecule has 1 aliphatic rings. The monoisotopic (exact) mass is 234 g/mol. The van der Waals surface area contributed by atoms with Crippen molar-refractivity contribution in [1.82, 2.24) is 0 Å². The van der Waals surface area contributed by atoms with Crippen LogP contribution in [-0.4, -0.2) is 5.78 Å². The Morgan fingerprint density at radius 3 is 2.50 bits per heavy atom. The van der Waals surface area contributed by atoms with E-state index in [2.05, 4.69) is 6.58 Å². The summed E-state index contributed by atoms with van der Waals surface area (Å²) in [7, 11) is 0. The average Bonchev–Trinajstić information content (AvgIpc) is 2.57. The zero-order valence-corrected chi connectivity index (χ0v) is 10.1. The molecule has 0 aromatic heterocycles. The van der Waals surface area contributed by atoms with Crippen LogP contribution in [0, 0.1) is 0 Å². The van der Waals surface area contributed by atoms with Gasteiger partial charge in [-0.05, 0) is 29.5 Å². The van der Waals surface area contributed by atoms with E-state index in [-0.39, 0.29) is 5.78 Å². The largest absolute Gasteiger partial charge is 0.289 e. The molecule has 2 aromatic carbocycles. The molecule has 0 bridgehead atoms. The molecule has 0 heterocycles. The molecule has 3 rings (SSSR count). The van der Waals surface area contributed by atoms with Gasteiger partial charge in [-0.15, -0.1) is 0 Å². The Morgan fingerprint density at radius 1 is 0.944 bits per heavy atom. The topological polar surface area (TPSA) is 17.1 Å². The third-order valence-electron chi connectivity index (χ3n) is 3.56. The van der Waals surface area contributed by atoms with E-state index in [1.807, 2.05) is 42.5 Å². The van der Waals surface area contributed by atoms with Gasteiger partial charge >= 0.3 is 0 Å². The molecule has 1 heteroatoms. The lowest BCUT2D eigenvalue weighted by molar-refractivity contribution is 0.103. The molecule has 1 aliphatic carbocycles. The van der Waals surface area contributed by atoms with Gasteiger partial charge < -0.3 is 0 Å². The maximum atomic E-state index is 12.7. The summed E-state index contributed by atoms with van der Waals surface area (Å²) in [6.45, 7) is 3.81. The fourth-order valence-corrected chi connectivity index (χ4v) is 2.64. The minimum Gasteiger partial charge on any atom is -0.289 e. The van der Waals surface area contributed by atoms with Crippen molar-refractivity contribution >= 4 is 11.9 Å². The van der Waals surface area contributed by atoms with Gasteiger partial charge in [0, 0.05) is 11.1 Å². The van der Waals surface area contributed by atoms with Crippen molar-refractivity contribution in [3.8, 4) is 0 Å². The SMILES string of the molecule is C=Cc1cccc2c1C(=O)c1ccccc1CC2. The first kappa shape index (κ1) is 11.0. The average molecular weight is 234 g/mol. The maximum Gasteiger partial charge on any atom is 0.194 e. The third kappa shape index (κ3) is 1.60. The molecule has 0 saturated heterocycles. The number of rotatable bonds is 1. The van der Waals surface area contributed by atoms with Crippen molar-refractivity contribution in [2.24, 2.45) is 0 Å². The van der Waals surface area contributed by atoms with E-state index < -0.39 is 0 Å².